The van der Waals surface area contributed by atoms with E-state index in [2.05, 4.69) is 17.5 Å². The van der Waals surface area contributed by atoms with E-state index in [9.17, 15) is 9.59 Å². The number of para-hydroxylation sites is 1. The number of nitrogens with one attached hydrogen (secondary N) is 1. The molecule has 1 fully saturated rings. The average Bonchev–Trinajstić information content (AvgIpc) is 2.88. The third kappa shape index (κ3) is 5.66. The van der Waals surface area contributed by atoms with Gasteiger partial charge in [0.2, 0.25) is 5.91 Å². The predicted octanol–water partition coefficient (Wildman–Crippen LogP) is 4.78. The van der Waals surface area contributed by atoms with Crippen molar-refractivity contribution < 1.29 is 14.3 Å². The van der Waals surface area contributed by atoms with Crippen LogP contribution in [0.3, 0.4) is 0 Å². The van der Waals surface area contributed by atoms with Crippen molar-refractivity contribution in [3.05, 3.63) is 71.1 Å². The maximum absolute atomic E-state index is 13.2. The number of aromatic nitrogens is 1. The lowest BCUT2D eigenvalue weighted by Gasteiger charge is -2.35. The van der Waals surface area contributed by atoms with Gasteiger partial charge in [0.15, 0.2) is 0 Å². The second-order valence-corrected chi connectivity index (χ2v) is 9.19. The molecule has 2 amide bonds. The van der Waals surface area contributed by atoms with Crippen LogP contribution in [0.1, 0.15) is 72.3 Å². The molecule has 0 spiro atoms. The van der Waals surface area contributed by atoms with E-state index in [4.69, 9.17) is 9.72 Å². The van der Waals surface area contributed by atoms with E-state index in [0.29, 0.717) is 18.7 Å². The second-order valence-electron chi connectivity index (χ2n) is 9.19. The summed E-state index contributed by atoms with van der Waals surface area (Å²) in [5.74, 6) is 1.25. The van der Waals surface area contributed by atoms with Crippen LogP contribution >= 0.6 is 0 Å². The molecule has 2 aliphatic rings. The average molecular weight is 462 g/mol. The smallest absolute Gasteiger partial charge is 0.253 e. The van der Waals surface area contributed by atoms with Crippen LogP contribution in [0.4, 0.5) is 0 Å². The molecule has 2 aromatic rings. The van der Waals surface area contributed by atoms with Gasteiger partial charge in [0.1, 0.15) is 5.75 Å². The zero-order valence-electron chi connectivity index (χ0n) is 20.3. The number of ether oxygens (including phenoxy) is 1. The Balaban J connectivity index is 1.42. The second kappa shape index (κ2) is 11.3. The number of benzene rings is 1. The summed E-state index contributed by atoms with van der Waals surface area (Å²) >= 11 is 0. The Morgan fingerprint density at radius 2 is 1.88 bits per heavy atom. The Morgan fingerprint density at radius 1 is 1.09 bits per heavy atom. The van der Waals surface area contributed by atoms with Crippen LogP contribution in [-0.4, -0.2) is 41.4 Å². The number of piperidine rings is 1. The van der Waals surface area contributed by atoms with Crippen molar-refractivity contribution in [1.29, 1.82) is 0 Å². The first kappa shape index (κ1) is 24.0. The van der Waals surface area contributed by atoms with Gasteiger partial charge in [-0.05, 0) is 64.2 Å². The Bertz CT molecular complexity index is 1040. The first-order chi connectivity index (χ1) is 16.6. The lowest BCUT2D eigenvalue weighted by atomic mass is 9.88. The molecule has 0 radical (unpaired) electrons. The lowest BCUT2D eigenvalue weighted by molar-refractivity contribution is -0.136. The van der Waals surface area contributed by atoms with Crippen LogP contribution in [0, 0.1) is 12.8 Å². The highest BCUT2D eigenvalue weighted by Crippen LogP contribution is 2.31. The number of pyridine rings is 1. The summed E-state index contributed by atoms with van der Waals surface area (Å²) in [6, 6.07) is 11.5. The lowest BCUT2D eigenvalue weighted by Crippen LogP contribution is -2.42. The molecule has 1 unspecified atom stereocenters. The fraction of sp³-hybridized carbons (Fsp3) is 0.464. The minimum absolute atomic E-state index is 0.124. The number of hydrogen-bond donors (Lipinski definition) is 1. The van der Waals surface area contributed by atoms with Crippen LogP contribution in [0.2, 0.25) is 0 Å². The molecule has 1 atom stereocenters. The molecule has 2 heterocycles. The monoisotopic (exact) mass is 461 g/mol. The number of nitrogens with zero attached hydrogens (tertiary/aromatic N) is 2. The first-order valence-corrected chi connectivity index (χ1v) is 12.5. The SMILES string of the molecule is CCOc1ccccc1CNC(=O)c1ccc(C)nc1C1CCN(C(=O)C2CC=CCC2)CC1. The molecule has 4 rings (SSSR count). The van der Waals surface area contributed by atoms with E-state index in [1.165, 1.54) is 0 Å². The van der Waals surface area contributed by atoms with Crippen molar-refractivity contribution in [2.45, 2.75) is 58.4 Å². The predicted molar refractivity (Wildman–Crippen MR) is 133 cm³/mol. The summed E-state index contributed by atoms with van der Waals surface area (Å²) in [6.45, 7) is 6.33. The van der Waals surface area contributed by atoms with Gasteiger partial charge in [0.25, 0.3) is 5.91 Å². The van der Waals surface area contributed by atoms with Gasteiger partial charge in [-0.1, -0.05) is 30.4 Å². The fourth-order valence-corrected chi connectivity index (χ4v) is 4.95. The summed E-state index contributed by atoms with van der Waals surface area (Å²) in [6.07, 6.45) is 8.76. The van der Waals surface area contributed by atoms with Gasteiger partial charge in [-0.2, -0.15) is 0 Å². The first-order valence-electron chi connectivity index (χ1n) is 12.5. The molecule has 1 aromatic carbocycles. The van der Waals surface area contributed by atoms with E-state index in [1.807, 2.05) is 55.1 Å². The van der Waals surface area contributed by atoms with E-state index in [1.54, 1.807) is 0 Å². The topological polar surface area (TPSA) is 71.5 Å². The van der Waals surface area contributed by atoms with Crippen LogP contribution < -0.4 is 10.1 Å². The van der Waals surface area contributed by atoms with Crippen molar-refractivity contribution in [3.63, 3.8) is 0 Å². The third-order valence-corrected chi connectivity index (χ3v) is 6.83. The molecule has 1 aromatic heterocycles. The van der Waals surface area contributed by atoms with Crippen molar-refractivity contribution in [2.75, 3.05) is 19.7 Å². The molecule has 34 heavy (non-hydrogen) atoms. The van der Waals surface area contributed by atoms with E-state index in [0.717, 1.165) is 67.9 Å². The number of allylic oxidation sites excluding steroid dienone is 2. The molecular formula is C28H35N3O3. The number of hydrogen-bond acceptors (Lipinski definition) is 4. The number of rotatable bonds is 7. The summed E-state index contributed by atoms with van der Waals surface area (Å²) in [7, 11) is 0. The Labute approximate surface area is 202 Å². The van der Waals surface area contributed by atoms with Crippen LogP contribution in [-0.2, 0) is 11.3 Å². The summed E-state index contributed by atoms with van der Waals surface area (Å²) in [5, 5.41) is 3.05. The highest BCUT2D eigenvalue weighted by atomic mass is 16.5. The molecule has 180 valence electrons. The molecule has 1 aliphatic carbocycles. The van der Waals surface area contributed by atoms with Crippen LogP contribution in [0.5, 0.6) is 5.75 Å². The quantitative estimate of drug-likeness (QED) is 0.603. The van der Waals surface area contributed by atoms with E-state index < -0.39 is 0 Å². The Morgan fingerprint density at radius 3 is 2.62 bits per heavy atom. The van der Waals surface area contributed by atoms with Gasteiger partial charge in [0.05, 0.1) is 17.9 Å². The van der Waals surface area contributed by atoms with Gasteiger partial charge in [-0.3, -0.25) is 14.6 Å². The van der Waals surface area contributed by atoms with Gasteiger partial charge < -0.3 is 15.0 Å². The minimum atomic E-state index is -0.124. The highest BCUT2D eigenvalue weighted by Gasteiger charge is 2.31. The summed E-state index contributed by atoms with van der Waals surface area (Å²) in [4.78, 5) is 32.9. The van der Waals surface area contributed by atoms with Crippen LogP contribution in [0.25, 0.3) is 0 Å². The van der Waals surface area contributed by atoms with Gasteiger partial charge in [0, 0.05) is 42.7 Å². The van der Waals surface area contributed by atoms with Gasteiger partial charge in [-0.15, -0.1) is 0 Å². The van der Waals surface area contributed by atoms with Crippen molar-refractivity contribution in [1.82, 2.24) is 15.2 Å². The van der Waals surface area contributed by atoms with Gasteiger partial charge in [-0.25, -0.2) is 0 Å². The molecule has 6 heteroatoms. The number of likely N-dealkylation sites (tertiary alicyclic amines) is 1. The molecule has 0 saturated carbocycles. The molecular weight excluding hydrogens is 426 g/mol. The van der Waals surface area contributed by atoms with Crippen molar-refractivity contribution in [2.24, 2.45) is 5.92 Å². The number of aryl methyl sites for hydroxylation is 1. The van der Waals surface area contributed by atoms with E-state index in [-0.39, 0.29) is 23.7 Å². The zero-order chi connectivity index (χ0) is 23.9. The number of carbonyl (C=O) groups excluding carboxylic acids is 2. The Kier molecular flexibility index (Phi) is 7.99. The molecule has 1 N–H and O–H groups in total. The normalized spacial score (nSPS) is 18.5. The highest BCUT2D eigenvalue weighted by molar-refractivity contribution is 5.95. The van der Waals surface area contributed by atoms with E-state index >= 15 is 0 Å². The third-order valence-electron chi connectivity index (χ3n) is 6.83. The molecule has 6 nitrogen and oxygen atoms in total. The summed E-state index contributed by atoms with van der Waals surface area (Å²) in [5.41, 5.74) is 3.33. The van der Waals surface area contributed by atoms with Crippen molar-refractivity contribution in [3.8, 4) is 5.75 Å². The number of amides is 2. The maximum atomic E-state index is 13.2. The number of carbonyl (C=O) groups is 2. The standard InChI is InChI=1S/C28H35N3O3/c1-3-34-25-12-8-7-11-23(25)19-29-27(32)24-14-13-20(2)30-26(24)21-15-17-31(18-16-21)28(33)22-9-5-4-6-10-22/h4-5,7-8,11-14,21-22H,3,6,9-10,15-19H2,1-2H3,(H,29,32). The molecule has 1 saturated heterocycles. The minimum Gasteiger partial charge on any atom is -0.494 e. The van der Waals surface area contributed by atoms with Crippen LogP contribution in [0.15, 0.2) is 48.6 Å². The maximum Gasteiger partial charge on any atom is 0.253 e. The largest absolute Gasteiger partial charge is 0.494 e. The molecule has 0 bridgehead atoms. The van der Waals surface area contributed by atoms with Crippen molar-refractivity contribution >= 4 is 11.8 Å². The molecule has 1 aliphatic heterocycles. The van der Waals surface area contributed by atoms with Gasteiger partial charge >= 0.3 is 0 Å². The zero-order valence-corrected chi connectivity index (χ0v) is 20.3. The summed E-state index contributed by atoms with van der Waals surface area (Å²) < 4.78 is 5.68. The fourth-order valence-electron chi connectivity index (χ4n) is 4.95. The Hall–Kier alpha value is -3.15.